The fraction of sp³-hybridized carbons (Fsp3) is 0.467. The summed E-state index contributed by atoms with van der Waals surface area (Å²) in [6.07, 6.45) is 0.227. The van der Waals surface area contributed by atoms with Gasteiger partial charge in [-0.05, 0) is 38.0 Å². The van der Waals surface area contributed by atoms with Crippen molar-refractivity contribution in [3.63, 3.8) is 0 Å². The second-order valence-electron chi connectivity index (χ2n) is 5.08. The van der Waals surface area contributed by atoms with E-state index < -0.39 is 23.8 Å². The molecule has 2 rings (SSSR count). The molecular formula is C15H17ClFNO4. The number of anilines is 1. The van der Waals surface area contributed by atoms with Gasteiger partial charge in [0, 0.05) is 13.2 Å². The van der Waals surface area contributed by atoms with Crippen molar-refractivity contribution >= 4 is 29.2 Å². The van der Waals surface area contributed by atoms with Gasteiger partial charge in [0.2, 0.25) is 0 Å². The summed E-state index contributed by atoms with van der Waals surface area (Å²) in [6.45, 7) is 2.51. The average molecular weight is 330 g/mol. The molecule has 1 N–H and O–H groups in total. The van der Waals surface area contributed by atoms with Crippen LogP contribution in [0.1, 0.15) is 19.8 Å². The molecule has 7 heteroatoms. The topological polar surface area (TPSA) is 64.6 Å². The number of amides is 1. The SMILES string of the molecule is C[C@H](OC(=O)C1CCOCC1)C(=O)Nc1ccc(F)cc1Cl. The van der Waals surface area contributed by atoms with Crippen LogP contribution in [0.25, 0.3) is 0 Å². The molecule has 22 heavy (non-hydrogen) atoms. The zero-order valence-corrected chi connectivity index (χ0v) is 12.9. The molecule has 1 amide bonds. The Kier molecular flexibility index (Phi) is 5.74. The number of hydrogen-bond acceptors (Lipinski definition) is 4. The molecule has 0 aliphatic carbocycles. The molecule has 5 nitrogen and oxygen atoms in total. The lowest BCUT2D eigenvalue weighted by Gasteiger charge is -2.22. The first-order valence-electron chi connectivity index (χ1n) is 7.01. The van der Waals surface area contributed by atoms with Crippen molar-refractivity contribution in [2.45, 2.75) is 25.9 Å². The van der Waals surface area contributed by atoms with Crippen LogP contribution in [0.15, 0.2) is 18.2 Å². The van der Waals surface area contributed by atoms with Crippen LogP contribution in [-0.4, -0.2) is 31.2 Å². The Morgan fingerprint density at radius 1 is 1.41 bits per heavy atom. The van der Waals surface area contributed by atoms with E-state index in [4.69, 9.17) is 21.1 Å². The molecule has 1 aromatic carbocycles. The predicted molar refractivity (Wildman–Crippen MR) is 79.1 cm³/mol. The number of rotatable bonds is 4. The third kappa shape index (κ3) is 4.42. The molecule has 0 radical (unpaired) electrons. The first kappa shape index (κ1) is 16.7. The van der Waals surface area contributed by atoms with E-state index in [2.05, 4.69) is 5.32 Å². The van der Waals surface area contributed by atoms with Crippen molar-refractivity contribution in [2.24, 2.45) is 5.92 Å². The van der Waals surface area contributed by atoms with Crippen molar-refractivity contribution in [3.05, 3.63) is 29.0 Å². The lowest BCUT2D eigenvalue weighted by Crippen LogP contribution is -2.34. The lowest BCUT2D eigenvalue weighted by atomic mass is 10.0. The molecule has 1 fully saturated rings. The first-order chi connectivity index (χ1) is 10.5. The van der Waals surface area contributed by atoms with E-state index in [1.54, 1.807) is 0 Å². The third-order valence-electron chi connectivity index (χ3n) is 3.41. The summed E-state index contributed by atoms with van der Waals surface area (Å²) in [5, 5.41) is 2.59. The highest BCUT2D eigenvalue weighted by Crippen LogP contribution is 2.23. The molecule has 1 saturated heterocycles. The number of ether oxygens (including phenoxy) is 2. The highest BCUT2D eigenvalue weighted by atomic mass is 35.5. The summed E-state index contributed by atoms with van der Waals surface area (Å²) in [6, 6.07) is 3.62. The summed E-state index contributed by atoms with van der Waals surface area (Å²) in [5.41, 5.74) is 0.266. The van der Waals surface area contributed by atoms with E-state index in [0.717, 1.165) is 6.07 Å². The zero-order valence-electron chi connectivity index (χ0n) is 12.1. The van der Waals surface area contributed by atoms with E-state index in [0.29, 0.717) is 26.1 Å². The molecule has 120 valence electrons. The molecule has 1 aliphatic heterocycles. The first-order valence-corrected chi connectivity index (χ1v) is 7.39. The normalized spacial score (nSPS) is 16.9. The maximum absolute atomic E-state index is 12.9. The lowest BCUT2D eigenvalue weighted by molar-refractivity contribution is -0.160. The third-order valence-corrected chi connectivity index (χ3v) is 3.72. The summed E-state index contributed by atoms with van der Waals surface area (Å²) in [5.74, 6) is -1.66. The number of carbonyl (C=O) groups is 2. The van der Waals surface area contributed by atoms with Crippen molar-refractivity contribution in [3.8, 4) is 0 Å². The molecule has 1 atom stereocenters. The molecule has 0 unspecified atom stereocenters. The Labute approximate surface area is 132 Å². The number of carbonyl (C=O) groups excluding carboxylic acids is 2. The van der Waals surface area contributed by atoms with E-state index in [1.807, 2.05) is 0 Å². The number of halogens is 2. The van der Waals surface area contributed by atoms with Crippen LogP contribution in [0.2, 0.25) is 5.02 Å². The van der Waals surface area contributed by atoms with Gasteiger partial charge in [-0.15, -0.1) is 0 Å². The minimum absolute atomic E-state index is 0.0799. The minimum atomic E-state index is -0.962. The average Bonchev–Trinajstić information content (AvgIpc) is 2.50. The smallest absolute Gasteiger partial charge is 0.309 e. The highest BCUT2D eigenvalue weighted by molar-refractivity contribution is 6.33. The van der Waals surface area contributed by atoms with Crippen LogP contribution in [0.3, 0.4) is 0 Å². The Morgan fingerprint density at radius 3 is 2.73 bits per heavy atom. The molecule has 1 aromatic rings. The fourth-order valence-electron chi connectivity index (χ4n) is 2.08. The summed E-state index contributed by atoms with van der Waals surface area (Å²) in [7, 11) is 0. The molecule has 1 aliphatic rings. The Bertz CT molecular complexity index is 560. The van der Waals surface area contributed by atoms with Gasteiger partial charge in [0.15, 0.2) is 6.10 Å². The number of esters is 1. The van der Waals surface area contributed by atoms with Gasteiger partial charge >= 0.3 is 5.97 Å². The van der Waals surface area contributed by atoms with Gasteiger partial charge in [0.1, 0.15) is 5.82 Å². The van der Waals surface area contributed by atoms with Crippen LogP contribution in [0.5, 0.6) is 0 Å². The summed E-state index contributed by atoms with van der Waals surface area (Å²) >= 11 is 5.83. The van der Waals surface area contributed by atoms with Crippen molar-refractivity contribution in [1.29, 1.82) is 0 Å². The Balaban J connectivity index is 1.89. The minimum Gasteiger partial charge on any atom is -0.452 e. The highest BCUT2D eigenvalue weighted by Gasteiger charge is 2.26. The van der Waals surface area contributed by atoms with Gasteiger partial charge in [-0.2, -0.15) is 0 Å². The molecular weight excluding hydrogens is 313 g/mol. The van der Waals surface area contributed by atoms with Crippen LogP contribution in [0.4, 0.5) is 10.1 Å². The molecule has 0 spiro atoms. The second kappa shape index (κ2) is 7.56. The fourth-order valence-corrected chi connectivity index (χ4v) is 2.30. The zero-order chi connectivity index (χ0) is 16.1. The Morgan fingerprint density at radius 2 is 2.09 bits per heavy atom. The van der Waals surface area contributed by atoms with Crippen molar-refractivity contribution in [1.82, 2.24) is 0 Å². The van der Waals surface area contributed by atoms with E-state index in [-0.39, 0.29) is 16.6 Å². The van der Waals surface area contributed by atoms with E-state index >= 15 is 0 Å². The van der Waals surface area contributed by atoms with Gasteiger partial charge in [-0.25, -0.2) is 4.39 Å². The van der Waals surface area contributed by atoms with Crippen LogP contribution < -0.4 is 5.32 Å². The monoisotopic (exact) mass is 329 g/mol. The number of nitrogens with one attached hydrogen (secondary N) is 1. The van der Waals surface area contributed by atoms with Gasteiger partial charge in [0.25, 0.3) is 5.91 Å². The van der Waals surface area contributed by atoms with Gasteiger partial charge < -0.3 is 14.8 Å². The van der Waals surface area contributed by atoms with Gasteiger partial charge in [-0.3, -0.25) is 9.59 Å². The second-order valence-corrected chi connectivity index (χ2v) is 5.49. The van der Waals surface area contributed by atoms with E-state index in [9.17, 15) is 14.0 Å². The van der Waals surface area contributed by atoms with Crippen molar-refractivity contribution < 1.29 is 23.5 Å². The molecule has 0 aromatic heterocycles. The van der Waals surface area contributed by atoms with Gasteiger partial charge in [0.05, 0.1) is 16.6 Å². The van der Waals surface area contributed by atoms with Gasteiger partial charge in [-0.1, -0.05) is 11.6 Å². The maximum Gasteiger partial charge on any atom is 0.309 e. The molecule has 1 heterocycles. The Hall–Kier alpha value is -1.66. The van der Waals surface area contributed by atoms with Crippen molar-refractivity contribution in [2.75, 3.05) is 18.5 Å². The van der Waals surface area contributed by atoms with E-state index in [1.165, 1.54) is 19.1 Å². The predicted octanol–water partition coefficient (Wildman–Crippen LogP) is 2.78. The largest absolute Gasteiger partial charge is 0.452 e. The molecule has 0 saturated carbocycles. The molecule has 0 bridgehead atoms. The number of hydrogen-bond donors (Lipinski definition) is 1. The summed E-state index contributed by atoms with van der Waals surface area (Å²) < 4.78 is 23.3. The van der Waals surface area contributed by atoms with Crippen LogP contribution in [-0.2, 0) is 19.1 Å². The summed E-state index contributed by atoms with van der Waals surface area (Å²) in [4.78, 5) is 23.9. The standard InChI is InChI=1S/C15H17ClFNO4/c1-9(22-15(20)10-4-6-21-7-5-10)14(19)18-13-3-2-11(17)8-12(13)16/h2-3,8-10H,4-7H2,1H3,(H,18,19)/t9-/m0/s1. The maximum atomic E-state index is 12.9. The van der Waals surface area contributed by atoms with Crippen LogP contribution >= 0.6 is 11.6 Å². The quantitative estimate of drug-likeness (QED) is 0.863. The van der Waals surface area contributed by atoms with Crippen LogP contribution in [0, 0.1) is 11.7 Å². The number of benzene rings is 1.